The SMILES string of the molecule is CCNc1cc(Nc2ccc(NC(=O)c3cccc4c3OCCO4)cc2)nc(C)n1. The molecule has 2 aromatic carbocycles. The van der Waals surface area contributed by atoms with Crippen LogP contribution < -0.4 is 25.4 Å². The highest BCUT2D eigenvalue weighted by Crippen LogP contribution is 2.34. The number of nitrogens with one attached hydrogen (secondary N) is 3. The highest BCUT2D eigenvalue weighted by molar-refractivity contribution is 6.06. The van der Waals surface area contributed by atoms with Gasteiger partial charge < -0.3 is 25.4 Å². The molecule has 8 heteroatoms. The highest BCUT2D eigenvalue weighted by Gasteiger charge is 2.20. The lowest BCUT2D eigenvalue weighted by molar-refractivity contribution is 0.101. The minimum Gasteiger partial charge on any atom is -0.486 e. The van der Waals surface area contributed by atoms with E-state index in [1.54, 1.807) is 18.2 Å². The molecule has 0 spiro atoms. The average Bonchev–Trinajstić information content (AvgIpc) is 2.74. The zero-order valence-corrected chi connectivity index (χ0v) is 16.9. The fourth-order valence-electron chi connectivity index (χ4n) is 3.14. The molecule has 154 valence electrons. The number of aromatic nitrogens is 2. The van der Waals surface area contributed by atoms with Crippen LogP contribution in [0.25, 0.3) is 0 Å². The molecule has 0 saturated heterocycles. The van der Waals surface area contributed by atoms with Crippen molar-refractivity contribution in [2.24, 2.45) is 0 Å². The molecule has 4 rings (SSSR count). The molecular weight excluding hydrogens is 382 g/mol. The van der Waals surface area contributed by atoms with Gasteiger partial charge in [-0.2, -0.15) is 0 Å². The van der Waals surface area contributed by atoms with Gasteiger partial charge in [0.25, 0.3) is 5.91 Å². The summed E-state index contributed by atoms with van der Waals surface area (Å²) in [5.74, 6) is 2.97. The molecule has 0 radical (unpaired) electrons. The van der Waals surface area contributed by atoms with E-state index in [1.807, 2.05) is 44.2 Å². The van der Waals surface area contributed by atoms with Crippen molar-refractivity contribution in [2.75, 3.05) is 35.7 Å². The minimum absolute atomic E-state index is 0.250. The molecule has 0 saturated carbocycles. The van der Waals surface area contributed by atoms with E-state index in [4.69, 9.17) is 9.47 Å². The van der Waals surface area contributed by atoms with Crippen LogP contribution in [0.3, 0.4) is 0 Å². The summed E-state index contributed by atoms with van der Waals surface area (Å²) in [6, 6.07) is 14.5. The number of rotatable bonds is 6. The van der Waals surface area contributed by atoms with Gasteiger partial charge in [0.1, 0.15) is 30.7 Å². The first-order valence-electron chi connectivity index (χ1n) is 9.79. The largest absolute Gasteiger partial charge is 0.486 e. The van der Waals surface area contributed by atoms with Gasteiger partial charge in [0.15, 0.2) is 11.5 Å². The van der Waals surface area contributed by atoms with Crippen LogP contribution in [0.4, 0.5) is 23.0 Å². The Labute approximate surface area is 174 Å². The maximum absolute atomic E-state index is 12.7. The Kier molecular flexibility index (Phi) is 5.65. The van der Waals surface area contributed by atoms with E-state index in [9.17, 15) is 4.79 Å². The van der Waals surface area contributed by atoms with Gasteiger partial charge in [-0.3, -0.25) is 4.79 Å². The van der Waals surface area contributed by atoms with Crippen molar-refractivity contribution in [2.45, 2.75) is 13.8 Å². The van der Waals surface area contributed by atoms with Crippen LogP contribution in [0.1, 0.15) is 23.1 Å². The molecule has 8 nitrogen and oxygen atoms in total. The molecule has 0 atom stereocenters. The predicted molar refractivity (Wildman–Crippen MR) is 116 cm³/mol. The lowest BCUT2D eigenvalue weighted by Crippen LogP contribution is -2.20. The molecule has 1 aliphatic heterocycles. The number of carbonyl (C=O) groups is 1. The van der Waals surface area contributed by atoms with Crippen molar-refractivity contribution >= 4 is 28.9 Å². The zero-order chi connectivity index (χ0) is 20.9. The standard InChI is InChI=1S/C22H23N5O3/c1-3-23-19-13-20(25-14(2)24-19)26-15-7-9-16(10-8-15)27-22(28)17-5-4-6-18-21(17)30-12-11-29-18/h4-10,13H,3,11-12H2,1-2H3,(H,27,28)(H2,23,24,25,26). The number of fused-ring (bicyclic) bond motifs is 1. The monoisotopic (exact) mass is 405 g/mol. The van der Waals surface area contributed by atoms with Gasteiger partial charge in [-0.1, -0.05) is 6.07 Å². The second-order valence-corrected chi connectivity index (χ2v) is 6.70. The van der Waals surface area contributed by atoms with E-state index < -0.39 is 0 Å². The lowest BCUT2D eigenvalue weighted by Gasteiger charge is -2.20. The Balaban J connectivity index is 1.45. The number of amides is 1. The van der Waals surface area contributed by atoms with Crippen LogP contribution in [0.2, 0.25) is 0 Å². The number of carbonyl (C=O) groups excluding carboxylic acids is 1. The van der Waals surface area contributed by atoms with Crippen molar-refractivity contribution in [1.29, 1.82) is 0 Å². The van der Waals surface area contributed by atoms with Crippen LogP contribution in [0.5, 0.6) is 11.5 Å². The summed E-state index contributed by atoms with van der Waals surface area (Å²) in [5, 5.41) is 9.34. The number of hydrogen-bond acceptors (Lipinski definition) is 7. The van der Waals surface area contributed by atoms with Crippen molar-refractivity contribution in [1.82, 2.24) is 9.97 Å². The quantitative estimate of drug-likeness (QED) is 0.571. The Morgan fingerprint density at radius 3 is 2.53 bits per heavy atom. The molecule has 2 heterocycles. The lowest BCUT2D eigenvalue weighted by atomic mass is 10.1. The number of aryl methyl sites for hydroxylation is 1. The average molecular weight is 405 g/mol. The molecule has 0 bridgehead atoms. The zero-order valence-electron chi connectivity index (χ0n) is 16.9. The van der Waals surface area contributed by atoms with Crippen LogP contribution in [-0.2, 0) is 0 Å². The summed E-state index contributed by atoms with van der Waals surface area (Å²) in [6.07, 6.45) is 0. The third-order valence-corrected chi connectivity index (χ3v) is 4.42. The van der Waals surface area contributed by atoms with Gasteiger partial charge in [-0.25, -0.2) is 9.97 Å². The first kappa shape index (κ1) is 19.5. The molecule has 0 unspecified atom stereocenters. The maximum atomic E-state index is 12.7. The Morgan fingerprint density at radius 1 is 1.00 bits per heavy atom. The molecule has 3 aromatic rings. The summed E-state index contributed by atoms with van der Waals surface area (Å²) >= 11 is 0. The van der Waals surface area contributed by atoms with Gasteiger partial charge in [-0.15, -0.1) is 0 Å². The van der Waals surface area contributed by atoms with Gasteiger partial charge in [0.05, 0.1) is 5.56 Å². The fraction of sp³-hybridized carbons (Fsp3) is 0.227. The topological polar surface area (TPSA) is 97.4 Å². The maximum Gasteiger partial charge on any atom is 0.259 e. The van der Waals surface area contributed by atoms with Crippen molar-refractivity contribution in [3.05, 3.63) is 59.9 Å². The summed E-state index contributed by atoms with van der Waals surface area (Å²) in [5.41, 5.74) is 1.97. The van der Waals surface area contributed by atoms with E-state index in [0.29, 0.717) is 47.6 Å². The van der Waals surface area contributed by atoms with E-state index in [-0.39, 0.29) is 5.91 Å². The van der Waals surface area contributed by atoms with Crippen LogP contribution in [0, 0.1) is 6.92 Å². The third-order valence-electron chi connectivity index (χ3n) is 4.42. The molecule has 0 aliphatic carbocycles. The molecule has 30 heavy (non-hydrogen) atoms. The van der Waals surface area contributed by atoms with Gasteiger partial charge in [0, 0.05) is 24.0 Å². The van der Waals surface area contributed by atoms with Crippen molar-refractivity contribution < 1.29 is 14.3 Å². The number of nitrogens with zero attached hydrogens (tertiary/aromatic N) is 2. The Bertz CT molecular complexity index is 1050. The first-order valence-corrected chi connectivity index (χ1v) is 9.79. The van der Waals surface area contributed by atoms with Gasteiger partial charge >= 0.3 is 0 Å². The molecule has 1 amide bonds. The van der Waals surface area contributed by atoms with Gasteiger partial charge in [-0.05, 0) is 50.2 Å². The summed E-state index contributed by atoms with van der Waals surface area (Å²) in [7, 11) is 0. The third kappa shape index (κ3) is 4.43. The summed E-state index contributed by atoms with van der Waals surface area (Å²) in [4.78, 5) is 21.5. The van der Waals surface area contributed by atoms with E-state index >= 15 is 0 Å². The molecular formula is C22H23N5O3. The van der Waals surface area contributed by atoms with Crippen LogP contribution in [0.15, 0.2) is 48.5 Å². The summed E-state index contributed by atoms with van der Waals surface area (Å²) < 4.78 is 11.2. The van der Waals surface area contributed by atoms with Crippen molar-refractivity contribution in [3.8, 4) is 11.5 Å². The molecule has 1 aromatic heterocycles. The predicted octanol–water partition coefficient (Wildman–Crippen LogP) is 3.98. The van der Waals surface area contributed by atoms with E-state index in [2.05, 4.69) is 25.9 Å². The number of ether oxygens (including phenoxy) is 2. The smallest absolute Gasteiger partial charge is 0.259 e. The second-order valence-electron chi connectivity index (χ2n) is 6.70. The van der Waals surface area contributed by atoms with E-state index in [1.165, 1.54) is 0 Å². The molecule has 3 N–H and O–H groups in total. The van der Waals surface area contributed by atoms with Crippen molar-refractivity contribution in [3.63, 3.8) is 0 Å². The fourth-order valence-corrected chi connectivity index (χ4v) is 3.14. The van der Waals surface area contributed by atoms with Crippen LogP contribution in [-0.4, -0.2) is 35.6 Å². The number of benzene rings is 2. The number of anilines is 4. The van der Waals surface area contributed by atoms with Crippen LogP contribution >= 0.6 is 0 Å². The summed E-state index contributed by atoms with van der Waals surface area (Å²) in [6.45, 7) is 5.56. The number of hydrogen-bond donors (Lipinski definition) is 3. The Morgan fingerprint density at radius 2 is 1.73 bits per heavy atom. The minimum atomic E-state index is -0.250. The number of para-hydroxylation sites is 1. The van der Waals surface area contributed by atoms with E-state index in [0.717, 1.165) is 18.1 Å². The molecule has 0 fully saturated rings. The highest BCUT2D eigenvalue weighted by atomic mass is 16.6. The normalized spacial score (nSPS) is 12.2. The Hall–Kier alpha value is -3.81. The molecule has 1 aliphatic rings. The first-order chi connectivity index (χ1) is 14.6. The second kappa shape index (κ2) is 8.69. The van der Waals surface area contributed by atoms with Gasteiger partial charge in [0.2, 0.25) is 0 Å².